The normalized spacial score (nSPS) is 22.5. The lowest BCUT2D eigenvalue weighted by atomic mass is 9.56. The summed E-state index contributed by atoms with van der Waals surface area (Å²) in [5, 5.41) is 12.1. The van der Waals surface area contributed by atoms with Gasteiger partial charge in [-0.15, -0.1) is 13.2 Å². The molecule has 2 amide bonds. The van der Waals surface area contributed by atoms with E-state index >= 15 is 0 Å². The fourth-order valence-corrected chi connectivity index (χ4v) is 5.72. The zero-order chi connectivity index (χ0) is 28.8. The fourth-order valence-electron chi connectivity index (χ4n) is 5.59. The Morgan fingerprint density at radius 3 is 2.38 bits per heavy atom. The maximum Gasteiger partial charge on any atom is 0.573 e. The molecule has 0 radical (unpaired) electrons. The molecule has 3 aromatic carbocycles. The van der Waals surface area contributed by atoms with E-state index in [9.17, 15) is 32.3 Å². The third-order valence-electron chi connectivity index (χ3n) is 7.19. The lowest BCUT2D eigenvalue weighted by molar-refractivity contribution is -0.274. The molecule has 0 spiro atoms. The molecule has 1 heterocycles. The standard InChI is InChI=1S/C29H21ClF4N2O4/c1-2-16-3-13-23-26(38)36(35-20-10-8-19(31)9-11-20)27(39)28(23,17-4-6-18(30)7-5-17)25(16)22-15-21(12-14-24(22)37)40-29(32,33)34/h2-12,14-15,23,25,35,37H,1,13H2. The van der Waals surface area contributed by atoms with Crippen LogP contribution in [0.5, 0.6) is 11.5 Å². The van der Waals surface area contributed by atoms with E-state index in [4.69, 9.17) is 11.6 Å². The number of allylic oxidation sites excluding steroid dienone is 3. The smallest absolute Gasteiger partial charge is 0.508 e. The molecule has 1 aliphatic carbocycles. The number of alkyl halides is 3. The van der Waals surface area contributed by atoms with Gasteiger partial charge in [0.05, 0.1) is 17.0 Å². The molecular weight excluding hydrogens is 552 g/mol. The summed E-state index contributed by atoms with van der Waals surface area (Å²) in [4.78, 5) is 28.3. The number of halogens is 5. The molecule has 206 valence electrons. The Bertz CT molecular complexity index is 1520. The number of rotatable bonds is 6. The van der Waals surface area contributed by atoms with Crippen molar-refractivity contribution in [3.63, 3.8) is 0 Å². The summed E-state index contributed by atoms with van der Waals surface area (Å²) >= 11 is 6.13. The highest BCUT2D eigenvalue weighted by molar-refractivity contribution is 6.30. The fraction of sp³-hybridized carbons (Fsp3) is 0.172. The zero-order valence-corrected chi connectivity index (χ0v) is 21.3. The van der Waals surface area contributed by atoms with E-state index in [0.717, 1.165) is 35.3 Å². The van der Waals surface area contributed by atoms with Gasteiger partial charge in [-0.2, -0.15) is 5.01 Å². The van der Waals surface area contributed by atoms with Crippen LogP contribution in [-0.2, 0) is 15.0 Å². The minimum atomic E-state index is -5.01. The van der Waals surface area contributed by atoms with Crippen molar-refractivity contribution in [2.75, 3.05) is 5.43 Å². The number of phenols is 1. The molecule has 2 aliphatic rings. The number of phenolic OH excluding ortho intramolecular Hbond substituents is 1. The summed E-state index contributed by atoms with van der Waals surface area (Å²) in [6, 6.07) is 14.2. The second-order valence-corrected chi connectivity index (χ2v) is 9.81. The predicted octanol–water partition coefficient (Wildman–Crippen LogP) is 6.63. The average molecular weight is 573 g/mol. The summed E-state index contributed by atoms with van der Waals surface area (Å²) in [6.45, 7) is 3.82. The molecule has 0 saturated carbocycles. The van der Waals surface area contributed by atoms with Crippen LogP contribution in [0, 0.1) is 11.7 Å². The third-order valence-corrected chi connectivity index (χ3v) is 7.44. The molecule has 3 atom stereocenters. The van der Waals surface area contributed by atoms with Gasteiger partial charge in [0, 0.05) is 16.5 Å². The van der Waals surface area contributed by atoms with Crippen molar-refractivity contribution in [2.24, 2.45) is 5.92 Å². The van der Waals surface area contributed by atoms with Gasteiger partial charge in [0.25, 0.3) is 11.8 Å². The maximum atomic E-state index is 14.5. The van der Waals surface area contributed by atoms with Gasteiger partial charge in [-0.3, -0.25) is 15.0 Å². The van der Waals surface area contributed by atoms with Crippen LogP contribution in [0.2, 0.25) is 5.02 Å². The molecule has 3 unspecified atom stereocenters. The largest absolute Gasteiger partial charge is 0.573 e. The first-order valence-corrected chi connectivity index (χ1v) is 12.4. The van der Waals surface area contributed by atoms with E-state index in [2.05, 4.69) is 16.7 Å². The SMILES string of the molecule is C=CC1=CCC2C(=O)N(Nc3ccc(F)cc3)C(=O)C2(c2ccc(Cl)cc2)C1c1cc(OC(F)(F)F)ccc1O. The van der Waals surface area contributed by atoms with Gasteiger partial charge in [-0.25, -0.2) is 4.39 Å². The Morgan fingerprint density at radius 1 is 1.07 bits per heavy atom. The first kappa shape index (κ1) is 27.3. The number of imide groups is 1. The molecule has 40 heavy (non-hydrogen) atoms. The van der Waals surface area contributed by atoms with Crippen LogP contribution < -0.4 is 10.2 Å². The van der Waals surface area contributed by atoms with E-state index in [0.29, 0.717) is 16.2 Å². The second kappa shape index (κ2) is 10.0. The van der Waals surface area contributed by atoms with Crippen LogP contribution in [0.4, 0.5) is 23.2 Å². The molecule has 1 fully saturated rings. The van der Waals surface area contributed by atoms with E-state index in [1.54, 1.807) is 18.2 Å². The first-order chi connectivity index (χ1) is 19.0. The van der Waals surface area contributed by atoms with Crippen LogP contribution >= 0.6 is 11.6 Å². The number of anilines is 1. The highest BCUT2D eigenvalue weighted by atomic mass is 35.5. The zero-order valence-electron chi connectivity index (χ0n) is 20.6. The van der Waals surface area contributed by atoms with Crippen molar-refractivity contribution in [3.8, 4) is 11.5 Å². The van der Waals surface area contributed by atoms with Gasteiger partial charge in [-0.1, -0.05) is 42.5 Å². The summed E-state index contributed by atoms with van der Waals surface area (Å²) in [5.74, 6) is -5.08. The molecule has 2 N–H and O–H groups in total. The Hall–Kier alpha value is -4.31. The quantitative estimate of drug-likeness (QED) is 0.256. The number of carbonyl (C=O) groups is 2. The van der Waals surface area contributed by atoms with Crippen LogP contribution in [-0.4, -0.2) is 28.3 Å². The van der Waals surface area contributed by atoms with Crippen molar-refractivity contribution in [2.45, 2.75) is 24.1 Å². The van der Waals surface area contributed by atoms with Gasteiger partial charge >= 0.3 is 6.36 Å². The number of benzene rings is 3. The van der Waals surface area contributed by atoms with Crippen LogP contribution in [0.3, 0.4) is 0 Å². The minimum absolute atomic E-state index is 0.0719. The summed E-state index contributed by atoms with van der Waals surface area (Å²) < 4.78 is 56.9. The van der Waals surface area contributed by atoms with Crippen molar-refractivity contribution in [1.29, 1.82) is 0 Å². The molecule has 1 aliphatic heterocycles. The van der Waals surface area contributed by atoms with Crippen molar-refractivity contribution < 1.29 is 37.0 Å². The molecule has 3 aromatic rings. The Labute approximate surface area is 231 Å². The monoisotopic (exact) mass is 572 g/mol. The maximum absolute atomic E-state index is 14.5. The van der Waals surface area contributed by atoms with E-state index < -0.39 is 52.7 Å². The molecule has 0 aromatic heterocycles. The number of carbonyl (C=O) groups excluding carboxylic acids is 2. The summed E-state index contributed by atoms with van der Waals surface area (Å²) in [6.07, 6.45) is -1.82. The number of aromatic hydroxyl groups is 1. The van der Waals surface area contributed by atoms with Crippen molar-refractivity contribution >= 4 is 29.1 Å². The Balaban J connectivity index is 1.74. The topological polar surface area (TPSA) is 78.9 Å². The second-order valence-electron chi connectivity index (χ2n) is 9.37. The number of nitrogens with one attached hydrogen (secondary N) is 1. The van der Waals surface area contributed by atoms with Gasteiger partial charge in [0.2, 0.25) is 0 Å². The summed E-state index contributed by atoms with van der Waals surface area (Å²) in [7, 11) is 0. The van der Waals surface area contributed by atoms with Gasteiger partial charge < -0.3 is 9.84 Å². The lowest BCUT2D eigenvalue weighted by Gasteiger charge is -2.43. The lowest BCUT2D eigenvalue weighted by Crippen LogP contribution is -2.48. The van der Waals surface area contributed by atoms with E-state index in [-0.39, 0.29) is 17.7 Å². The van der Waals surface area contributed by atoms with Crippen LogP contribution in [0.25, 0.3) is 0 Å². The molecule has 6 nitrogen and oxygen atoms in total. The van der Waals surface area contributed by atoms with Gasteiger partial charge in [-0.05, 0) is 72.2 Å². The first-order valence-electron chi connectivity index (χ1n) is 12.0. The molecule has 5 rings (SSSR count). The number of hydrogen-bond donors (Lipinski definition) is 2. The number of ether oxygens (including phenoxy) is 1. The predicted molar refractivity (Wildman–Crippen MR) is 139 cm³/mol. The highest BCUT2D eigenvalue weighted by Gasteiger charge is 2.66. The minimum Gasteiger partial charge on any atom is -0.508 e. The number of fused-ring (bicyclic) bond motifs is 1. The number of amides is 2. The van der Waals surface area contributed by atoms with Gasteiger partial charge in [0.15, 0.2) is 0 Å². The molecular formula is C29H21ClF4N2O4. The Kier molecular flexibility index (Phi) is 6.83. The average Bonchev–Trinajstić information content (AvgIpc) is 3.12. The number of hydrogen-bond acceptors (Lipinski definition) is 5. The van der Waals surface area contributed by atoms with Gasteiger partial charge in [0.1, 0.15) is 17.3 Å². The van der Waals surface area contributed by atoms with E-state index in [1.165, 1.54) is 30.3 Å². The Morgan fingerprint density at radius 2 is 1.75 bits per heavy atom. The molecule has 11 heteroatoms. The van der Waals surface area contributed by atoms with E-state index in [1.807, 2.05) is 0 Å². The molecule has 0 bridgehead atoms. The highest BCUT2D eigenvalue weighted by Crippen LogP contribution is 2.59. The third kappa shape index (κ3) is 4.58. The van der Waals surface area contributed by atoms with Crippen LogP contribution in [0.1, 0.15) is 23.5 Å². The van der Waals surface area contributed by atoms with Crippen LogP contribution in [0.15, 0.2) is 91.0 Å². The van der Waals surface area contributed by atoms with Crippen molar-refractivity contribution in [3.05, 3.63) is 113 Å². The van der Waals surface area contributed by atoms with Crippen molar-refractivity contribution in [1.82, 2.24) is 5.01 Å². The number of nitrogens with zero attached hydrogens (tertiary/aromatic N) is 1. The summed E-state index contributed by atoms with van der Waals surface area (Å²) in [5.41, 5.74) is 1.96. The molecule has 1 saturated heterocycles. The number of hydrazine groups is 1.